The monoisotopic (exact) mass is 270 g/mol. The van der Waals surface area contributed by atoms with E-state index in [9.17, 15) is 5.11 Å². The SMILES string of the molecule is C=C1C(C)[C@H](O)[C@H](OC(C)(C)C)[C@H]1COC(C)(C)C. The lowest BCUT2D eigenvalue weighted by atomic mass is 9.99. The topological polar surface area (TPSA) is 38.7 Å². The zero-order valence-corrected chi connectivity index (χ0v) is 13.5. The van der Waals surface area contributed by atoms with E-state index in [4.69, 9.17) is 9.47 Å². The summed E-state index contributed by atoms with van der Waals surface area (Å²) in [7, 11) is 0. The lowest BCUT2D eigenvalue weighted by Gasteiger charge is -2.32. The fraction of sp³-hybridized carbons (Fsp3) is 0.875. The molecule has 1 aliphatic rings. The van der Waals surface area contributed by atoms with Gasteiger partial charge in [-0.15, -0.1) is 0 Å². The third kappa shape index (κ3) is 4.59. The molecule has 0 amide bonds. The summed E-state index contributed by atoms with van der Waals surface area (Å²) in [6.45, 7) is 18.8. The molecule has 19 heavy (non-hydrogen) atoms. The molecule has 0 aromatic rings. The van der Waals surface area contributed by atoms with Crippen LogP contribution in [-0.4, -0.2) is 35.1 Å². The highest BCUT2D eigenvalue weighted by Crippen LogP contribution is 2.40. The predicted molar refractivity (Wildman–Crippen MR) is 78.1 cm³/mol. The van der Waals surface area contributed by atoms with Crippen LogP contribution in [0.15, 0.2) is 12.2 Å². The van der Waals surface area contributed by atoms with Gasteiger partial charge in [-0.05, 0) is 41.5 Å². The first-order valence-electron chi connectivity index (χ1n) is 7.11. The van der Waals surface area contributed by atoms with Crippen LogP contribution in [0.4, 0.5) is 0 Å². The summed E-state index contributed by atoms with van der Waals surface area (Å²) in [6, 6.07) is 0. The van der Waals surface area contributed by atoms with Crippen LogP contribution in [0.5, 0.6) is 0 Å². The Morgan fingerprint density at radius 2 is 1.63 bits per heavy atom. The molecule has 1 saturated carbocycles. The van der Waals surface area contributed by atoms with Gasteiger partial charge in [-0.3, -0.25) is 0 Å². The summed E-state index contributed by atoms with van der Waals surface area (Å²) in [4.78, 5) is 0. The molecule has 1 aliphatic carbocycles. The maximum Gasteiger partial charge on any atom is 0.0933 e. The summed E-state index contributed by atoms with van der Waals surface area (Å²) in [5, 5.41) is 10.3. The van der Waals surface area contributed by atoms with Gasteiger partial charge < -0.3 is 14.6 Å². The van der Waals surface area contributed by atoms with Crippen molar-refractivity contribution in [1.82, 2.24) is 0 Å². The Labute approximate surface area is 118 Å². The van der Waals surface area contributed by atoms with E-state index in [2.05, 4.69) is 6.58 Å². The maximum absolute atomic E-state index is 10.3. The van der Waals surface area contributed by atoms with Crippen LogP contribution in [0.3, 0.4) is 0 Å². The van der Waals surface area contributed by atoms with Crippen molar-refractivity contribution in [1.29, 1.82) is 0 Å². The van der Waals surface area contributed by atoms with Crippen LogP contribution in [0.25, 0.3) is 0 Å². The predicted octanol–water partition coefficient (Wildman–Crippen LogP) is 3.17. The van der Waals surface area contributed by atoms with Crippen LogP contribution in [-0.2, 0) is 9.47 Å². The molecule has 112 valence electrons. The van der Waals surface area contributed by atoms with Crippen LogP contribution >= 0.6 is 0 Å². The molecular weight excluding hydrogens is 240 g/mol. The zero-order chi connectivity index (χ0) is 15.0. The summed E-state index contributed by atoms with van der Waals surface area (Å²) >= 11 is 0. The third-order valence-electron chi connectivity index (χ3n) is 3.49. The highest BCUT2D eigenvalue weighted by molar-refractivity contribution is 5.18. The van der Waals surface area contributed by atoms with E-state index in [1.54, 1.807) is 0 Å². The van der Waals surface area contributed by atoms with Crippen molar-refractivity contribution in [3.63, 3.8) is 0 Å². The van der Waals surface area contributed by atoms with E-state index in [0.717, 1.165) is 5.57 Å². The smallest absolute Gasteiger partial charge is 0.0933 e. The second-order valence-corrected chi connectivity index (χ2v) is 7.58. The Hall–Kier alpha value is -0.380. The Bertz CT molecular complexity index is 322. The van der Waals surface area contributed by atoms with Crippen molar-refractivity contribution in [2.75, 3.05) is 6.61 Å². The summed E-state index contributed by atoms with van der Waals surface area (Å²) in [5.41, 5.74) is 0.560. The van der Waals surface area contributed by atoms with E-state index < -0.39 is 6.10 Å². The van der Waals surface area contributed by atoms with Crippen LogP contribution in [0, 0.1) is 11.8 Å². The standard InChI is InChI=1S/C16H30O3/c1-10-11(2)13(17)14(19-16(6,7)8)12(10)9-18-15(3,4)5/h11-14,17H,1,9H2,2-8H3/t11?,12-,13-,14+/m0/s1. The molecule has 3 heteroatoms. The van der Waals surface area contributed by atoms with E-state index >= 15 is 0 Å². The van der Waals surface area contributed by atoms with Crippen LogP contribution in [0.1, 0.15) is 48.5 Å². The van der Waals surface area contributed by atoms with Gasteiger partial charge in [0.05, 0.1) is 30.0 Å². The lowest BCUT2D eigenvalue weighted by Crippen LogP contribution is -2.39. The first-order valence-corrected chi connectivity index (χ1v) is 7.11. The summed E-state index contributed by atoms with van der Waals surface area (Å²) < 4.78 is 11.9. The molecule has 0 heterocycles. The maximum atomic E-state index is 10.3. The molecule has 1 fully saturated rings. The first kappa shape index (κ1) is 16.7. The van der Waals surface area contributed by atoms with Gasteiger partial charge in [-0.1, -0.05) is 19.1 Å². The van der Waals surface area contributed by atoms with E-state index in [-0.39, 0.29) is 29.1 Å². The minimum Gasteiger partial charge on any atom is -0.390 e. The average Bonchev–Trinajstić information content (AvgIpc) is 2.38. The second kappa shape index (κ2) is 5.55. The van der Waals surface area contributed by atoms with Crippen molar-refractivity contribution in [3.8, 4) is 0 Å². The van der Waals surface area contributed by atoms with Crippen molar-refractivity contribution < 1.29 is 14.6 Å². The Balaban J connectivity index is 2.81. The summed E-state index contributed by atoms with van der Waals surface area (Å²) in [5.74, 6) is 0.115. The summed E-state index contributed by atoms with van der Waals surface area (Å²) in [6.07, 6.45) is -0.731. The van der Waals surface area contributed by atoms with Gasteiger partial charge in [0.2, 0.25) is 0 Å². The number of hydrogen-bond donors (Lipinski definition) is 1. The first-order chi connectivity index (χ1) is 8.42. The lowest BCUT2D eigenvalue weighted by molar-refractivity contribution is -0.133. The zero-order valence-electron chi connectivity index (χ0n) is 13.5. The minimum absolute atomic E-state index is 0.0564. The average molecular weight is 270 g/mol. The highest BCUT2D eigenvalue weighted by Gasteiger charge is 2.45. The fourth-order valence-corrected chi connectivity index (χ4v) is 2.39. The van der Waals surface area contributed by atoms with Gasteiger partial charge in [0.1, 0.15) is 0 Å². The highest BCUT2D eigenvalue weighted by atomic mass is 16.5. The van der Waals surface area contributed by atoms with Crippen LogP contribution < -0.4 is 0 Å². The fourth-order valence-electron chi connectivity index (χ4n) is 2.39. The molecule has 3 nitrogen and oxygen atoms in total. The second-order valence-electron chi connectivity index (χ2n) is 7.58. The van der Waals surface area contributed by atoms with E-state index in [0.29, 0.717) is 6.61 Å². The molecule has 4 atom stereocenters. The molecule has 0 spiro atoms. The Kier molecular flexibility index (Phi) is 4.87. The number of rotatable bonds is 3. The number of ether oxygens (including phenoxy) is 2. The van der Waals surface area contributed by atoms with Gasteiger partial charge in [0, 0.05) is 11.8 Å². The van der Waals surface area contributed by atoms with E-state index in [1.165, 1.54) is 0 Å². The van der Waals surface area contributed by atoms with Gasteiger partial charge in [0.25, 0.3) is 0 Å². The minimum atomic E-state index is -0.500. The number of aliphatic hydroxyl groups excluding tert-OH is 1. The van der Waals surface area contributed by atoms with Crippen molar-refractivity contribution in [2.24, 2.45) is 11.8 Å². The van der Waals surface area contributed by atoms with Crippen molar-refractivity contribution in [3.05, 3.63) is 12.2 Å². The Morgan fingerprint density at radius 1 is 1.11 bits per heavy atom. The van der Waals surface area contributed by atoms with Gasteiger partial charge >= 0.3 is 0 Å². The van der Waals surface area contributed by atoms with Gasteiger partial charge in [-0.25, -0.2) is 0 Å². The third-order valence-corrected chi connectivity index (χ3v) is 3.49. The number of aliphatic hydroxyl groups is 1. The Morgan fingerprint density at radius 3 is 2.05 bits per heavy atom. The normalized spacial score (nSPS) is 32.9. The molecule has 1 unspecified atom stereocenters. The molecule has 0 saturated heterocycles. The molecular formula is C16H30O3. The molecule has 1 rings (SSSR count). The van der Waals surface area contributed by atoms with Gasteiger partial charge in [-0.2, -0.15) is 0 Å². The van der Waals surface area contributed by atoms with Crippen molar-refractivity contribution >= 4 is 0 Å². The molecule has 0 aliphatic heterocycles. The molecule has 0 aromatic heterocycles. The van der Waals surface area contributed by atoms with Crippen molar-refractivity contribution in [2.45, 2.75) is 71.9 Å². The number of hydrogen-bond acceptors (Lipinski definition) is 3. The molecule has 1 N–H and O–H groups in total. The molecule has 0 aromatic carbocycles. The van der Waals surface area contributed by atoms with Gasteiger partial charge in [0.15, 0.2) is 0 Å². The largest absolute Gasteiger partial charge is 0.390 e. The quantitative estimate of drug-likeness (QED) is 0.801. The van der Waals surface area contributed by atoms with Crippen LogP contribution in [0.2, 0.25) is 0 Å². The molecule has 0 radical (unpaired) electrons. The molecule has 0 bridgehead atoms. The van der Waals surface area contributed by atoms with E-state index in [1.807, 2.05) is 48.5 Å².